The maximum atomic E-state index is 2.70. The molecule has 0 spiro atoms. The second kappa shape index (κ2) is 29.8. The lowest BCUT2D eigenvalue weighted by molar-refractivity contribution is 0.135. The van der Waals surface area contributed by atoms with Crippen LogP contribution >= 0.6 is 0 Å². The van der Waals surface area contributed by atoms with Gasteiger partial charge >= 0.3 is 0 Å². The Kier molecular flexibility index (Phi) is 27.9. The normalized spacial score (nSPS) is 15.1. The van der Waals surface area contributed by atoms with E-state index in [1.807, 2.05) is 0 Å². The molecular formula is C38H76N2. The molecule has 0 aliphatic carbocycles. The highest BCUT2D eigenvalue weighted by Gasteiger charge is 2.24. The molecule has 0 bridgehead atoms. The van der Waals surface area contributed by atoms with Gasteiger partial charge in [-0.2, -0.15) is 0 Å². The summed E-state index contributed by atoms with van der Waals surface area (Å²) in [6.45, 7) is 9.48. The van der Waals surface area contributed by atoms with Crippen LogP contribution in [0.25, 0.3) is 0 Å². The molecule has 0 N–H and O–H groups in total. The molecule has 2 heteroatoms. The topological polar surface area (TPSA) is 6.48 Å². The molecule has 0 saturated heterocycles. The zero-order valence-corrected chi connectivity index (χ0v) is 28.3. The minimum absolute atomic E-state index is 0.642. The van der Waals surface area contributed by atoms with Gasteiger partial charge in [0.25, 0.3) is 0 Å². The first-order chi connectivity index (χ1) is 19.8. The third kappa shape index (κ3) is 22.0. The summed E-state index contributed by atoms with van der Waals surface area (Å²) < 4.78 is 0. The predicted molar refractivity (Wildman–Crippen MR) is 182 cm³/mol. The van der Waals surface area contributed by atoms with Crippen LogP contribution in [0.1, 0.15) is 213 Å². The zero-order chi connectivity index (χ0) is 28.8. The lowest BCUT2D eigenvalue weighted by atomic mass is 10.0. The molecule has 238 valence electrons. The molecule has 0 radical (unpaired) electrons. The summed E-state index contributed by atoms with van der Waals surface area (Å²) in [4.78, 5) is 5.40. The number of nitrogens with zero attached hydrogens (tertiary/aromatic N) is 2. The Morgan fingerprint density at radius 3 is 0.875 bits per heavy atom. The Hall–Kier alpha value is -0.660. The van der Waals surface area contributed by atoms with Gasteiger partial charge < -0.3 is 9.80 Å². The Balaban J connectivity index is 2.08. The predicted octanol–water partition coefficient (Wildman–Crippen LogP) is 13.2. The van der Waals surface area contributed by atoms with Crippen molar-refractivity contribution in [1.82, 2.24) is 9.80 Å². The van der Waals surface area contributed by atoms with Crippen molar-refractivity contribution in [3.05, 3.63) is 12.4 Å². The van der Waals surface area contributed by atoms with Gasteiger partial charge in [-0.05, 0) is 25.7 Å². The number of unbranched alkanes of at least 4 members (excludes halogenated alkanes) is 26. The summed E-state index contributed by atoms with van der Waals surface area (Å²) >= 11 is 0. The first-order valence-electron chi connectivity index (χ1n) is 19.0. The molecule has 2 nitrogen and oxygen atoms in total. The summed E-state index contributed by atoms with van der Waals surface area (Å²) in [5, 5.41) is 0. The lowest BCUT2D eigenvalue weighted by Crippen LogP contribution is -2.39. The largest absolute Gasteiger partial charge is 0.356 e. The van der Waals surface area contributed by atoms with Gasteiger partial charge in [-0.15, -0.1) is 0 Å². The van der Waals surface area contributed by atoms with Gasteiger partial charge in [-0.3, -0.25) is 0 Å². The van der Waals surface area contributed by atoms with E-state index in [4.69, 9.17) is 0 Å². The van der Waals surface area contributed by atoms with E-state index in [1.54, 1.807) is 0 Å². The minimum atomic E-state index is 0.642. The van der Waals surface area contributed by atoms with E-state index in [-0.39, 0.29) is 0 Å². The Morgan fingerprint density at radius 1 is 0.325 bits per heavy atom. The van der Waals surface area contributed by atoms with Crippen LogP contribution in [0.4, 0.5) is 0 Å². The van der Waals surface area contributed by atoms with Crippen molar-refractivity contribution < 1.29 is 0 Å². The van der Waals surface area contributed by atoms with E-state index in [0.717, 1.165) is 0 Å². The van der Waals surface area contributed by atoms with E-state index >= 15 is 0 Å². The molecule has 0 aromatic carbocycles. The molecular weight excluding hydrogens is 484 g/mol. The van der Waals surface area contributed by atoms with Crippen LogP contribution in [0.5, 0.6) is 0 Å². The molecule has 0 amide bonds. The summed E-state index contributed by atoms with van der Waals surface area (Å²) in [5.41, 5.74) is 0. The van der Waals surface area contributed by atoms with Crippen LogP contribution in [0.2, 0.25) is 0 Å². The number of hydrogen-bond acceptors (Lipinski definition) is 2. The Bertz CT molecular complexity index is 516. The Labute approximate surface area is 254 Å². The maximum Gasteiger partial charge on any atom is 0.101 e. The summed E-state index contributed by atoms with van der Waals surface area (Å²) in [5.74, 6) is 0. The van der Waals surface area contributed by atoms with Crippen LogP contribution in [-0.4, -0.2) is 29.1 Å². The van der Waals surface area contributed by atoms with Gasteiger partial charge in [0.15, 0.2) is 0 Å². The van der Waals surface area contributed by atoms with E-state index in [0.29, 0.717) is 6.17 Å². The van der Waals surface area contributed by atoms with Crippen molar-refractivity contribution in [2.24, 2.45) is 0 Å². The second-order valence-electron chi connectivity index (χ2n) is 13.2. The highest BCUT2D eigenvalue weighted by atomic mass is 15.4. The molecule has 1 aliphatic heterocycles. The van der Waals surface area contributed by atoms with E-state index < -0.39 is 0 Å². The third-order valence-electron chi connectivity index (χ3n) is 9.32. The highest BCUT2D eigenvalue weighted by Crippen LogP contribution is 2.24. The number of rotatable bonds is 32. The van der Waals surface area contributed by atoms with Crippen LogP contribution in [-0.2, 0) is 0 Å². The van der Waals surface area contributed by atoms with Crippen molar-refractivity contribution in [2.45, 2.75) is 220 Å². The van der Waals surface area contributed by atoms with Crippen molar-refractivity contribution in [2.75, 3.05) is 13.1 Å². The van der Waals surface area contributed by atoms with Gasteiger partial charge in [0.1, 0.15) is 6.17 Å². The average molecular weight is 561 g/mol. The summed E-state index contributed by atoms with van der Waals surface area (Å²) in [7, 11) is 0. The van der Waals surface area contributed by atoms with Gasteiger partial charge in [-0.25, -0.2) is 0 Å². The van der Waals surface area contributed by atoms with E-state index in [9.17, 15) is 0 Å². The maximum absolute atomic E-state index is 2.70. The fourth-order valence-corrected chi connectivity index (χ4v) is 6.54. The van der Waals surface area contributed by atoms with Crippen LogP contribution in [0.3, 0.4) is 0 Å². The molecule has 1 heterocycles. The van der Waals surface area contributed by atoms with Gasteiger partial charge in [0, 0.05) is 25.5 Å². The van der Waals surface area contributed by atoms with Crippen molar-refractivity contribution in [1.29, 1.82) is 0 Å². The highest BCUT2D eigenvalue weighted by molar-refractivity contribution is 4.97. The van der Waals surface area contributed by atoms with Gasteiger partial charge in [-0.1, -0.05) is 188 Å². The second-order valence-corrected chi connectivity index (χ2v) is 13.2. The first kappa shape index (κ1) is 37.4. The van der Waals surface area contributed by atoms with Gasteiger partial charge in [0.05, 0.1) is 0 Å². The SMILES string of the molecule is CCCCCCCCCCCCCCCCCCCN1C=CN(CCCCCCCC)C1CCCCCCCC. The molecule has 40 heavy (non-hydrogen) atoms. The first-order valence-corrected chi connectivity index (χ1v) is 19.0. The van der Waals surface area contributed by atoms with E-state index in [1.165, 1.54) is 206 Å². The minimum Gasteiger partial charge on any atom is -0.356 e. The van der Waals surface area contributed by atoms with Crippen LogP contribution in [0, 0.1) is 0 Å². The average Bonchev–Trinajstić information content (AvgIpc) is 3.35. The molecule has 1 aliphatic rings. The Morgan fingerprint density at radius 2 is 0.575 bits per heavy atom. The van der Waals surface area contributed by atoms with Crippen molar-refractivity contribution >= 4 is 0 Å². The quantitative estimate of drug-likeness (QED) is 0.0755. The lowest BCUT2D eigenvalue weighted by Gasteiger charge is -2.33. The van der Waals surface area contributed by atoms with E-state index in [2.05, 4.69) is 43.0 Å². The fourth-order valence-electron chi connectivity index (χ4n) is 6.54. The monoisotopic (exact) mass is 561 g/mol. The summed E-state index contributed by atoms with van der Waals surface area (Å²) in [6, 6.07) is 0. The van der Waals surface area contributed by atoms with Crippen LogP contribution < -0.4 is 0 Å². The van der Waals surface area contributed by atoms with Crippen LogP contribution in [0.15, 0.2) is 12.4 Å². The fraction of sp³-hybridized carbons (Fsp3) is 0.947. The standard InChI is InChI=1S/C38H76N2/c1-4-7-10-13-16-17-18-19-20-21-22-23-24-25-26-29-32-35-40-37-36-39(34-31-28-15-12-9-6-3)38(40)33-30-27-14-11-8-5-2/h36-38H,4-35H2,1-3H3. The third-order valence-corrected chi connectivity index (χ3v) is 9.32. The van der Waals surface area contributed by atoms with Crippen molar-refractivity contribution in [3.8, 4) is 0 Å². The zero-order valence-electron chi connectivity index (χ0n) is 28.3. The molecule has 1 rings (SSSR count). The molecule has 1 unspecified atom stereocenters. The molecule has 1 atom stereocenters. The summed E-state index contributed by atoms with van der Waals surface area (Å²) in [6.07, 6.45) is 48.5. The molecule has 0 aromatic rings. The molecule has 0 fully saturated rings. The van der Waals surface area contributed by atoms with Gasteiger partial charge in [0.2, 0.25) is 0 Å². The number of hydrogen-bond donors (Lipinski definition) is 0. The smallest absolute Gasteiger partial charge is 0.101 e. The van der Waals surface area contributed by atoms with Crippen molar-refractivity contribution in [3.63, 3.8) is 0 Å². The molecule has 0 saturated carbocycles. The molecule has 0 aromatic heterocycles.